The molecule has 10 nitrogen and oxygen atoms in total. The van der Waals surface area contributed by atoms with Crippen LogP contribution in [0.1, 0.15) is 43.0 Å². The zero-order valence-corrected chi connectivity index (χ0v) is 45.1. The van der Waals surface area contributed by atoms with E-state index < -0.39 is 11.9 Å². The Labute approximate surface area is 476 Å². The molecule has 0 unspecified atom stereocenters. The van der Waals surface area contributed by atoms with E-state index in [1.165, 1.54) is 0 Å². The molecule has 20 bridgehead atoms. The second kappa shape index (κ2) is 23.2. The van der Waals surface area contributed by atoms with Crippen LogP contribution in [0.2, 0.25) is 0 Å². The maximum atomic E-state index is 14.5. The Morgan fingerprint density at radius 3 is 0.720 bits per heavy atom. The van der Waals surface area contributed by atoms with Gasteiger partial charge in [-0.15, -0.1) is 0 Å². The molecule has 15 aliphatic heterocycles. The Morgan fingerprint density at radius 1 is 0.244 bits per heavy atom. The predicted octanol–water partition coefficient (Wildman–Crippen LogP) is 12.1. The smallest absolute Gasteiger partial charge is 0.339 e. The Morgan fingerprint density at radius 2 is 0.476 bits per heavy atom. The molecule has 398 valence electrons. The SMILES string of the molecule is O=C1OCCOc2ccc(cc2)OCCOC(=O)c2c3cccc2-c2ccc(cc2)C[n+]2ccc(cc2)-c2cc[n+](cc2)Cc2ccc(cc2)-c2cccc(c21)-c1ccc(cc1)C[n+]1ccc(cc1)-c1cc[n+](cc1)Cc1ccc-3cc1. The summed E-state index contributed by atoms with van der Waals surface area (Å²) in [6.07, 6.45) is 16.9. The van der Waals surface area contributed by atoms with Gasteiger partial charge in [0, 0.05) is 70.8 Å². The number of carbonyl (C=O) groups excluding carboxylic acids is 2. The predicted molar refractivity (Wildman–Crippen MR) is 314 cm³/mol. The second-order valence-electron chi connectivity index (χ2n) is 20.7. The molecule has 26 rings (SSSR count). The van der Waals surface area contributed by atoms with Crippen molar-refractivity contribution in [1.29, 1.82) is 0 Å². The lowest BCUT2D eigenvalue weighted by Crippen LogP contribution is -2.33. The highest BCUT2D eigenvalue weighted by Crippen LogP contribution is 2.36. The highest BCUT2D eigenvalue weighted by molar-refractivity contribution is 6.05. The van der Waals surface area contributed by atoms with Crippen molar-refractivity contribution >= 4 is 11.9 Å². The number of nitrogens with zero attached hydrogens (tertiary/aromatic N) is 4. The van der Waals surface area contributed by atoms with E-state index in [1.807, 2.05) is 36.4 Å². The first-order chi connectivity index (χ1) is 40.4. The molecule has 0 amide bonds. The minimum absolute atomic E-state index is 0.0239. The van der Waals surface area contributed by atoms with Crippen molar-refractivity contribution in [3.05, 3.63) is 289 Å². The van der Waals surface area contributed by atoms with Crippen LogP contribution in [0, 0.1) is 0 Å². The van der Waals surface area contributed by atoms with Crippen LogP contribution >= 0.6 is 0 Å². The van der Waals surface area contributed by atoms with Crippen molar-refractivity contribution in [2.24, 2.45) is 0 Å². The molecular formula is C72H58N4O6+4. The fourth-order valence-corrected chi connectivity index (χ4v) is 10.9. The lowest BCUT2D eigenvalue weighted by molar-refractivity contribution is -0.688. The van der Waals surface area contributed by atoms with Crippen molar-refractivity contribution in [2.75, 3.05) is 26.4 Å². The Bertz CT molecular complexity index is 3570. The van der Waals surface area contributed by atoms with Crippen molar-refractivity contribution < 1.29 is 46.8 Å². The summed E-state index contributed by atoms with van der Waals surface area (Å²) in [5.74, 6) is 0.293. The summed E-state index contributed by atoms with van der Waals surface area (Å²) in [6, 6.07) is 69.9. The van der Waals surface area contributed by atoms with Gasteiger partial charge in [-0.2, -0.15) is 0 Å². The van der Waals surface area contributed by atoms with Gasteiger partial charge in [-0.3, -0.25) is 0 Å². The van der Waals surface area contributed by atoms with Crippen LogP contribution < -0.4 is 27.7 Å². The molecule has 15 aliphatic rings. The molecule has 0 aliphatic carbocycles. The van der Waals surface area contributed by atoms with E-state index in [0.29, 0.717) is 48.8 Å². The molecule has 82 heavy (non-hydrogen) atoms. The summed E-state index contributed by atoms with van der Waals surface area (Å²) < 4.78 is 32.9. The van der Waals surface area contributed by atoms with Crippen molar-refractivity contribution in [1.82, 2.24) is 0 Å². The molecule has 0 fully saturated rings. The number of esters is 2. The van der Waals surface area contributed by atoms with Gasteiger partial charge in [0.1, 0.15) is 37.9 Å². The quantitative estimate of drug-likeness (QED) is 0.111. The first-order valence-electron chi connectivity index (χ1n) is 27.7. The first-order valence-corrected chi connectivity index (χ1v) is 27.7. The van der Waals surface area contributed by atoms with E-state index in [4.69, 9.17) is 18.9 Å². The molecule has 11 aromatic rings. The number of pyridine rings is 4. The zero-order valence-electron chi connectivity index (χ0n) is 45.1. The molecule has 0 N–H and O–H groups in total. The van der Waals surface area contributed by atoms with E-state index in [9.17, 15) is 9.59 Å². The van der Waals surface area contributed by atoms with E-state index in [1.54, 1.807) is 24.3 Å². The summed E-state index contributed by atoms with van der Waals surface area (Å²) in [5, 5.41) is 0. The van der Waals surface area contributed by atoms with E-state index in [2.05, 4.69) is 213 Å². The van der Waals surface area contributed by atoms with Crippen LogP contribution in [0.4, 0.5) is 0 Å². The molecule has 0 spiro atoms. The van der Waals surface area contributed by atoms with Crippen molar-refractivity contribution in [3.8, 4) is 78.3 Å². The fraction of sp³-hybridized carbons (Fsp3) is 0.111. The highest BCUT2D eigenvalue weighted by atomic mass is 16.6. The normalized spacial score (nSPS) is 13.4. The van der Waals surface area contributed by atoms with Gasteiger partial charge in [-0.25, -0.2) is 27.9 Å². The Kier molecular flexibility index (Phi) is 14.5. The van der Waals surface area contributed by atoms with Crippen LogP contribution in [0.25, 0.3) is 66.8 Å². The molecule has 19 heterocycles. The van der Waals surface area contributed by atoms with E-state index in [0.717, 1.165) is 89.0 Å². The van der Waals surface area contributed by atoms with Gasteiger partial charge >= 0.3 is 11.9 Å². The standard InChI is InChI=1S/C72H58N4O6/c77-71-69-65-3-1-4-66(69)60-17-9-52(10-18-60)48-74-37-29-56(30-38-74)58-33-41-76(42-34-58)50-54-13-21-62(22-14-54)68-6-2-5-67(70(68)72(78)82-46-44-80-64-25-23-63(24-26-64)79-43-45-81-71)61-19-11-53(12-20-61)49-75-39-31-57(32-40-75)55-27-35-73(36-28-55)47-51-7-15-59(65)16-8-51/h1-42H,43-50H2/q+4. The number of carbonyl (C=O) groups is 2. The fourth-order valence-electron chi connectivity index (χ4n) is 10.9. The number of aromatic nitrogens is 4. The molecule has 0 atom stereocenters. The average Bonchev–Trinajstić information content (AvgIpc) is 3.66. The average molecular weight is 1080 g/mol. The van der Waals surface area contributed by atoms with Crippen LogP contribution in [0.3, 0.4) is 0 Å². The van der Waals surface area contributed by atoms with Gasteiger partial charge in [0.25, 0.3) is 0 Å². The third-order valence-corrected chi connectivity index (χ3v) is 15.3. The number of hydrogen-bond donors (Lipinski definition) is 0. The number of ether oxygens (including phenoxy) is 4. The van der Waals surface area contributed by atoms with E-state index >= 15 is 0 Å². The summed E-state index contributed by atoms with van der Waals surface area (Å²) in [7, 11) is 0. The van der Waals surface area contributed by atoms with Crippen molar-refractivity contribution in [3.63, 3.8) is 0 Å². The van der Waals surface area contributed by atoms with Crippen LogP contribution in [-0.2, 0) is 35.7 Å². The zero-order chi connectivity index (χ0) is 55.2. The Balaban J connectivity index is 0.882. The number of benzene rings is 7. The molecule has 0 saturated heterocycles. The van der Waals surface area contributed by atoms with Gasteiger partial charge < -0.3 is 18.9 Å². The molecule has 0 saturated carbocycles. The molecule has 10 heteroatoms. The summed E-state index contributed by atoms with van der Waals surface area (Å²) in [4.78, 5) is 29.0. The van der Waals surface area contributed by atoms with Gasteiger partial charge in [0.15, 0.2) is 75.8 Å². The molecule has 7 aromatic carbocycles. The number of rotatable bonds is 0. The third-order valence-electron chi connectivity index (χ3n) is 15.3. The van der Waals surface area contributed by atoms with Gasteiger partial charge in [-0.05, 0) is 91.0 Å². The largest absolute Gasteiger partial charge is 0.490 e. The van der Waals surface area contributed by atoms with Crippen LogP contribution in [0.15, 0.2) is 256 Å². The Hall–Kier alpha value is -10.3. The molecule has 4 aromatic heterocycles. The highest BCUT2D eigenvalue weighted by Gasteiger charge is 2.23. The number of fused-ring (bicyclic) bond motifs is 5. The van der Waals surface area contributed by atoms with Crippen LogP contribution in [0.5, 0.6) is 11.5 Å². The monoisotopic (exact) mass is 1070 g/mol. The summed E-state index contributed by atoms with van der Waals surface area (Å²) in [6.45, 7) is 3.00. The lowest BCUT2D eigenvalue weighted by Gasteiger charge is -2.16. The van der Waals surface area contributed by atoms with Gasteiger partial charge in [-0.1, -0.05) is 133 Å². The maximum Gasteiger partial charge on any atom is 0.339 e. The maximum absolute atomic E-state index is 14.5. The minimum Gasteiger partial charge on any atom is -0.490 e. The number of hydrogen-bond acceptors (Lipinski definition) is 6. The van der Waals surface area contributed by atoms with E-state index in [-0.39, 0.29) is 26.4 Å². The topological polar surface area (TPSA) is 86.6 Å². The van der Waals surface area contributed by atoms with Gasteiger partial charge in [0.05, 0.1) is 11.1 Å². The van der Waals surface area contributed by atoms with Gasteiger partial charge in [0.2, 0.25) is 0 Å². The third kappa shape index (κ3) is 11.4. The summed E-state index contributed by atoms with van der Waals surface area (Å²) in [5.41, 5.74) is 16.7. The minimum atomic E-state index is -0.442. The molecule has 0 radical (unpaired) electrons. The lowest BCUT2D eigenvalue weighted by atomic mass is 9.91. The molecular weight excluding hydrogens is 1020 g/mol. The van der Waals surface area contributed by atoms with Crippen molar-refractivity contribution in [2.45, 2.75) is 26.2 Å². The second-order valence-corrected chi connectivity index (χ2v) is 20.7. The first kappa shape index (κ1) is 51.1. The van der Waals surface area contributed by atoms with Crippen LogP contribution in [-0.4, -0.2) is 38.4 Å². The summed E-state index contributed by atoms with van der Waals surface area (Å²) >= 11 is 0.